The molecule has 9 heteroatoms. The van der Waals surface area contributed by atoms with E-state index in [1.807, 2.05) is 30.5 Å². The number of nitrogens with zero attached hydrogens (tertiary/aromatic N) is 4. The summed E-state index contributed by atoms with van der Waals surface area (Å²) in [6.07, 6.45) is 6.76. The van der Waals surface area contributed by atoms with Crippen molar-refractivity contribution in [1.29, 1.82) is 0 Å². The lowest BCUT2D eigenvalue weighted by molar-refractivity contribution is 0.737. The van der Waals surface area contributed by atoms with Crippen molar-refractivity contribution in [2.24, 2.45) is 0 Å². The predicted octanol–water partition coefficient (Wildman–Crippen LogP) is 4.65. The Kier molecular flexibility index (Phi) is 4.15. The minimum absolute atomic E-state index is 0.664. The molecule has 30 heavy (non-hydrogen) atoms. The lowest BCUT2D eigenvalue weighted by atomic mass is 10.1. The number of H-pyrrole nitrogens is 2. The van der Waals surface area contributed by atoms with Crippen LogP contribution >= 0.6 is 22.9 Å². The van der Waals surface area contributed by atoms with Gasteiger partial charge in [0.2, 0.25) is 0 Å². The number of pyridine rings is 2. The van der Waals surface area contributed by atoms with Gasteiger partial charge in [-0.3, -0.25) is 10.1 Å². The van der Waals surface area contributed by atoms with Crippen molar-refractivity contribution >= 4 is 50.6 Å². The summed E-state index contributed by atoms with van der Waals surface area (Å²) >= 11 is 7.64. The summed E-state index contributed by atoms with van der Waals surface area (Å²) in [5, 5.41) is 10.9. The fraction of sp³-hybridized carbons (Fsp3) is 0.143. The SMILES string of the molecule is Clc1ccc(-c2cncc3[nH]c(-c4n[nH]c5ccc(C6=CCNCC6)nc45)nc23)s1. The van der Waals surface area contributed by atoms with Gasteiger partial charge < -0.3 is 10.3 Å². The number of fused-ring (bicyclic) bond motifs is 2. The molecular weight excluding hydrogens is 418 g/mol. The summed E-state index contributed by atoms with van der Waals surface area (Å²) in [4.78, 5) is 18.5. The van der Waals surface area contributed by atoms with E-state index in [-0.39, 0.29) is 0 Å². The second-order valence-electron chi connectivity index (χ2n) is 7.12. The largest absolute Gasteiger partial charge is 0.335 e. The third-order valence-corrected chi connectivity index (χ3v) is 6.52. The Balaban J connectivity index is 1.49. The summed E-state index contributed by atoms with van der Waals surface area (Å²) in [6.45, 7) is 1.84. The van der Waals surface area contributed by atoms with Crippen molar-refractivity contribution in [1.82, 2.24) is 35.5 Å². The van der Waals surface area contributed by atoms with Crippen molar-refractivity contribution in [2.45, 2.75) is 6.42 Å². The van der Waals surface area contributed by atoms with Gasteiger partial charge in [0.25, 0.3) is 0 Å². The molecule has 5 aromatic rings. The molecule has 6 rings (SSSR count). The minimum Gasteiger partial charge on any atom is -0.335 e. The predicted molar refractivity (Wildman–Crippen MR) is 121 cm³/mol. The van der Waals surface area contributed by atoms with Gasteiger partial charge in [0.15, 0.2) is 11.5 Å². The third-order valence-electron chi connectivity index (χ3n) is 5.26. The minimum atomic E-state index is 0.664. The van der Waals surface area contributed by atoms with Crippen molar-refractivity contribution in [2.75, 3.05) is 13.1 Å². The molecule has 0 saturated heterocycles. The normalized spacial score (nSPS) is 14.5. The van der Waals surface area contributed by atoms with Crippen LogP contribution in [0.5, 0.6) is 0 Å². The first-order valence-electron chi connectivity index (χ1n) is 9.61. The first-order chi connectivity index (χ1) is 14.8. The van der Waals surface area contributed by atoms with Gasteiger partial charge in [-0.15, -0.1) is 11.3 Å². The molecule has 6 heterocycles. The molecule has 0 fully saturated rings. The van der Waals surface area contributed by atoms with Crippen LogP contribution < -0.4 is 5.32 Å². The van der Waals surface area contributed by atoms with Gasteiger partial charge in [-0.25, -0.2) is 9.97 Å². The highest BCUT2D eigenvalue weighted by atomic mass is 35.5. The number of hydrogen-bond donors (Lipinski definition) is 3. The highest BCUT2D eigenvalue weighted by Gasteiger charge is 2.18. The Morgan fingerprint density at radius 3 is 2.80 bits per heavy atom. The van der Waals surface area contributed by atoms with E-state index in [9.17, 15) is 0 Å². The molecule has 5 aromatic heterocycles. The molecule has 148 valence electrons. The van der Waals surface area contributed by atoms with Crippen LogP contribution in [-0.2, 0) is 0 Å². The van der Waals surface area contributed by atoms with E-state index in [0.29, 0.717) is 11.5 Å². The molecule has 0 amide bonds. The van der Waals surface area contributed by atoms with Crippen molar-refractivity contribution in [3.05, 3.63) is 52.8 Å². The van der Waals surface area contributed by atoms with Gasteiger partial charge >= 0.3 is 0 Å². The number of rotatable bonds is 3. The first kappa shape index (κ1) is 17.8. The van der Waals surface area contributed by atoms with E-state index in [0.717, 1.165) is 62.0 Å². The number of aromatic nitrogens is 6. The third kappa shape index (κ3) is 2.92. The van der Waals surface area contributed by atoms with Crippen LogP contribution in [0, 0.1) is 0 Å². The maximum atomic E-state index is 6.13. The lowest BCUT2D eigenvalue weighted by Crippen LogP contribution is -2.20. The number of aromatic amines is 2. The van der Waals surface area contributed by atoms with Crippen LogP contribution in [0.4, 0.5) is 0 Å². The average Bonchev–Trinajstić information content (AvgIpc) is 3.51. The summed E-state index contributed by atoms with van der Waals surface area (Å²) in [7, 11) is 0. The molecule has 7 nitrogen and oxygen atoms in total. The highest BCUT2D eigenvalue weighted by Crippen LogP contribution is 2.35. The van der Waals surface area contributed by atoms with Gasteiger partial charge in [0, 0.05) is 23.2 Å². The second-order valence-corrected chi connectivity index (χ2v) is 8.84. The molecule has 0 unspecified atom stereocenters. The summed E-state index contributed by atoms with van der Waals surface area (Å²) in [6, 6.07) is 7.95. The number of imidazole rings is 1. The smallest absolute Gasteiger partial charge is 0.161 e. The van der Waals surface area contributed by atoms with Gasteiger partial charge in [-0.05, 0) is 42.8 Å². The number of halogens is 1. The number of hydrogen-bond acceptors (Lipinski definition) is 6. The molecule has 3 N–H and O–H groups in total. The van der Waals surface area contributed by atoms with Crippen molar-refractivity contribution in [3.63, 3.8) is 0 Å². The van der Waals surface area contributed by atoms with Crippen LogP contribution in [0.25, 0.3) is 49.6 Å². The van der Waals surface area contributed by atoms with E-state index in [1.54, 1.807) is 6.20 Å². The summed E-state index contributed by atoms with van der Waals surface area (Å²) in [5.41, 5.74) is 7.26. The van der Waals surface area contributed by atoms with Crippen LogP contribution in [0.3, 0.4) is 0 Å². The lowest BCUT2D eigenvalue weighted by Gasteiger charge is -2.13. The Bertz CT molecular complexity index is 1430. The zero-order chi connectivity index (χ0) is 20.1. The Hall–Kier alpha value is -3.07. The Labute approximate surface area is 180 Å². The molecule has 0 spiro atoms. The van der Waals surface area contributed by atoms with Crippen LogP contribution in [0.15, 0.2) is 42.7 Å². The quantitative estimate of drug-likeness (QED) is 0.384. The van der Waals surface area contributed by atoms with E-state index in [4.69, 9.17) is 21.6 Å². The van der Waals surface area contributed by atoms with Gasteiger partial charge in [-0.1, -0.05) is 17.7 Å². The van der Waals surface area contributed by atoms with E-state index < -0.39 is 0 Å². The zero-order valence-corrected chi connectivity index (χ0v) is 17.3. The van der Waals surface area contributed by atoms with Gasteiger partial charge in [0.05, 0.1) is 27.3 Å². The molecule has 0 aliphatic carbocycles. The molecule has 0 aromatic carbocycles. The second kappa shape index (κ2) is 7.02. The summed E-state index contributed by atoms with van der Waals surface area (Å²) in [5.74, 6) is 0.664. The highest BCUT2D eigenvalue weighted by molar-refractivity contribution is 7.19. The fourth-order valence-corrected chi connectivity index (χ4v) is 4.84. The standard InChI is InChI=1S/C21H16ClN7S/c22-17-4-3-16(30-17)12-9-24-10-15-18(12)27-21(26-15)20-19-14(28-29-20)2-1-13(25-19)11-5-7-23-8-6-11/h1-5,9-10,23H,6-8H2,(H,26,27)(H,28,29). The topological polar surface area (TPSA) is 95.2 Å². The first-order valence-corrected chi connectivity index (χ1v) is 10.8. The van der Waals surface area contributed by atoms with Crippen LogP contribution in [0.1, 0.15) is 12.1 Å². The van der Waals surface area contributed by atoms with E-state index in [2.05, 4.69) is 31.6 Å². The van der Waals surface area contributed by atoms with E-state index in [1.165, 1.54) is 16.9 Å². The number of nitrogens with one attached hydrogen (secondary N) is 3. The summed E-state index contributed by atoms with van der Waals surface area (Å²) < 4.78 is 0.736. The fourth-order valence-electron chi connectivity index (χ4n) is 3.78. The molecule has 0 atom stereocenters. The van der Waals surface area contributed by atoms with Crippen molar-refractivity contribution in [3.8, 4) is 22.0 Å². The van der Waals surface area contributed by atoms with Crippen LogP contribution in [-0.4, -0.2) is 43.2 Å². The Morgan fingerprint density at radius 1 is 1.00 bits per heavy atom. The van der Waals surface area contributed by atoms with Gasteiger partial charge in [0.1, 0.15) is 11.0 Å². The number of thiophene rings is 1. The maximum absolute atomic E-state index is 6.13. The molecular formula is C21H16ClN7S. The van der Waals surface area contributed by atoms with E-state index >= 15 is 0 Å². The maximum Gasteiger partial charge on any atom is 0.161 e. The van der Waals surface area contributed by atoms with Crippen LogP contribution in [0.2, 0.25) is 4.34 Å². The monoisotopic (exact) mass is 433 g/mol. The van der Waals surface area contributed by atoms with Gasteiger partial charge in [-0.2, -0.15) is 5.10 Å². The Morgan fingerprint density at radius 2 is 1.97 bits per heavy atom. The molecule has 0 bridgehead atoms. The molecule has 0 saturated carbocycles. The average molecular weight is 434 g/mol. The zero-order valence-electron chi connectivity index (χ0n) is 15.7. The van der Waals surface area contributed by atoms with Crippen molar-refractivity contribution < 1.29 is 0 Å². The molecule has 0 radical (unpaired) electrons. The molecule has 1 aliphatic heterocycles. The molecule has 1 aliphatic rings.